The van der Waals surface area contributed by atoms with Crippen LogP contribution >= 0.6 is 0 Å². The van der Waals surface area contributed by atoms with Gasteiger partial charge < -0.3 is 16.2 Å². The van der Waals surface area contributed by atoms with Crippen LogP contribution in [0.25, 0.3) is 0 Å². The predicted molar refractivity (Wildman–Crippen MR) is 63.2 cm³/mol. The van der Waals surface area contributed by atoms with Gasteiger partial charge in [-0.2, -0.15) is 0 Å². The Bertz CT molecular complexity index is 496. The molecule has 4 N–H and O–H groups in total. The first-order chi connectivity index (χ1) is 7.80. The molecule has 0 heterocycles. The van der Waals surface area contributed by atoms with Crippen molar-refractivity contribution in [2.75, 3.05) is 18.1 Å². The Morgan fingerprint density at radius 1 is 1.41 bits per heavy atom. The minimum Gasteiger partial charge on any atom is -0.382 e. The number of sulfone groups is 1. The largest absolute Gasteiger partial charge is 0.382 e. The smallest absolute Gasteiger partial charge is 0.248 e. The molecule has 1 rings (SSSR count). The third-order valence-electron chi connectivity index (χ3n) is 2.11. The standard InChI is InChI=1S/C10H14N2O4S/c1-17(15,16)8-4-2-7(3-5-8)12-6-9(13)10(11)14/h2-5,9,12-13H,6H2,1H3,(H2,11,14). The van der Waals surface area contributed by atoms with Crippen molar-refractivity contribution in [2.45, 2.75) is 11.0 Å². The highest BCUT2D eigenvalue weighted by atomic mass is 32.2. The molecule has 1 aromatic carbocycles. The van der Waals surface area contributed by atoms with Crippen molar-refractivity contribution in [1.29, 1.82) is 0 Å². The first kappa shape index (κ1) is 13.5. The average Bonchev–Trinajstić information content (AvgIpc) is 2.25. The summed E-state index contributed by atoms with van der Waals surface area (Å²) >= 11 is 0. The molecule has 0 bridgehead atoms. The monoisotopic (exact) mass is 258 g/mol. The summed E-state index contributed by atoms with van der Waals surface area (Å²) < 4.78 is 22.4. The highest BCUT2D eigenvalue weighted by molar-refractivity contribution is 7.90. The van der Waals surface area contributed by atoms with Gasteiger partial charge in [-0.3, -0.25) is 4.79 Å². The van der Waals surface area contributed by atoms with E-state index in [1.54, 1.807) is 12.1 Å². The molecule has 94 valence electrons. The van der Waals surface area contributed by atoms with E-state index in [9.17, 15) is 13.2 Å². The molecule has 0 spiro atoms. The zero-order valence-electron chi connectivity index (χ0n) is 9.25. The number of amides is 1. The van der Waals surface area contributed by atoms with Crippen LogP contribution in [0.1, 0.15) is 0 Å². The van der Waals surface area contributed by atoms with Gasteiger partial charge in [-0.1, -0.05) is 0 Å². The Labute approximate surface area is 99.4 Å². The zero-order chi connectivity index (χ0) is 13.1. The van der Waals surface area contributed by atoms with E-state index in [1.807, 2.05) is 0 Å². The van der Waals surface area contributed by atoms with Crippen molar-refractivity contribution >= 4 is 21.4 Å². The molecule has 1 unspecified atom stereocenters. The zero-order valence-corrected chi connectivity index (χ0v) is 10.1. The summed E-state index contributed by atoms with van der Waals surface area (Å²) in [4.78, 5) is 10.8. The highest BCUT2D eigenvalue weighted by Gasteiger charge is 2.10. The van der Waals surface area contributed by atoms with Crippen LogP contribution in [0.5, 0.6) is 0 Å². The number of nitrogens with two attached hydrogens (primary N) is 1. The lowest BCUT2D eigenvalue weighted by atomic mass is 10.3. The molecule has 0 aliphatic rings. The first-order valence-electron chi connectivity index (χ1n) is 4.82. The lowest BCUT2D eigenvalue weighted by molar-refractivity contribution is -0.125. The number of anilines is 1. The number of nitrogens with one attached hydrogen (secondary N) is 1. The molecule has 0 aromatic heterocycles. The normalized spacial score (nSPS) is 13.1. The van der Waals surface area contributed by atoms with E-state index < -0.39 is 21.8 Å². The summed E-state index contributed by atoms with van der Waals surface area (Å²) in [5.74, 6) is -0.815. The molecule has 17 heavy (non-hydrogen) atoms. The molecule has 0 saturated heterocycles. The van der Waals surface area contributed by atoms with Crippen LogP contribution in [0.15, 0.2) is 29.2 Å². The molecular formula is C10H14N2O4S. The van der Waals surface area contributed by atoms with E-state index in [1.165, 1.54) is 12.1 Å². The number of carbonyl (C=O) groups excluding carboxylic acids is 1. The first-order valence-corrected chi connectivity index (χ1v) is 6.71. The number of benzene rings is 1. The van der Waals surface area contributed by atoms with Crippen LogP contribution in [-0.4, -0.2) is 38.3 Å². The molecule has 6 nitrogen and oxygen atoms in total. The van der Waals surface area contributed by atoms with E-state index in [0.717, 1.165) is 6.26 Å². The number of aliphatic hydroxyl groups excluding tert-OH is 1. The van der Waals surface area contributed by atoms with E-state index in [-0.39, 0.29) is 11.4 Å². The molecule has 1 atom stereocenters. The van der Waals surface area contributed by atoms with Crippen molar-refractivity contribution in [1.82, 2.24) is 0 Å². The van der Waals surface area contributed by atoms with Crippen LogP contribution in [0.4, 0.5) is 5.69 Å². The van der Waals surface area contributed by atoms with Crippen LogP contribution in [0, 0.1) is 0 Å². The van der Waals surface area contributed by atoms with Gasteiger partial charge >= 0.3 is 0 Å². The van der Waals surface area contributed by atoms with E-state index in [2.05, 4.69) is 5.32 Å². The fourth-order valence-corrected chi connectivity index (χ4v) is 1.77. The number of carbonyl (C=O) groups is 1. The van der Waals surface area contributed by atoms with Gasteiger partial charge in [0.2, 0.25) is 5.91 Å². The molecular weight excluding hydrogens is 244 g/mol. The van der Waals surface area contributed by atoms with Gasteiger partial charge in [-0.15, -0.1) is 0 Å². The third-order valence-corrected chi connectivity index (χ3v) is 3.24. The molecule has 0 aliphatic heterocycles. The molecule has 7 heteroatoms. The molecule has 0 fully saturated rings. The van der Waals surface area contributed by atoms with Gasteiger partial charge in [0.25, 0.3) is 0 Å². The lowest BCUT2D eigenvalue weighted by Crippen LogP contribution is -2.34. The molecule has 1 amide bonds. The quantitative estimate of drug-likeness (QED) is 0.650. The summed E-state index contributed by atoms with van der Waals surface area (Å²) in [6.07, 6.45) is -0.156. The van der Waals surface area contributed by atoms with Gasteiger partial charge in [0.15, 0.2) is 9.84 Å². The average molecular weight is 258 g/mol. The lowest BCUT2D eigenvalue weighted by Gasteiger charge is -2.09. The number of aliphatic hydroxyl groups is 1. The maximum Gasteiger partial charge on any atom is 0.248 e. The fourth-order valence-electron chi connectivity index (χ4n) is 1.14. The second-order valence-corrected chi connectivity index (χ2v) is 5.61. The van der Waals surface area contributed by atoms with E-state index in [4.69, 9.17) is 10.8 Å². The second-order valence-electron chi connectivity index (χ2n) is 3.60. The van der Waals surface area contributed by atoms with Crippen LogP contribution < -0.4 is 11.1 Å². The van der Waals surface area contributed by atoms with Crippen molar-refractivity contribution in [3.8, 4) is 0 Å². The number of rotatable bonds is 5. The Balaban J connectivity index is 2.67. The topological polar surface area (TPSA) is 109 Å². The molecule has 0 radical (unpaired) electrons. The summed E-state index contributed by atoms with van der Waals surface area (Å²) in [6.45, 7) is -0.0203. The summed E-state index contributed by atoms with van der Waals surface area (Å²) in [7, 11) is -3.22. The van der Waals surface area contributed by atoms with E-state index in [0.29, 0.717) is 5.69 Å². The number of hydrogen-bond acceptors (Lipinski definition) is 5. The third kappa shape index (κ3) is 4.04. The maximum atomic E-state index is 11.2. The maximum absolute atomic E-state index is 11.2. The molecule has 0 saturated carbocycles. The molecule has 0 aliphatic carbocycles. The Morgan fingerprint density at radius 3 is 2.35 bits per heavy atom. The van der Waals surface area contributed by atoms with Crippen molar-refractivity contribution in [3.63, 3.8) is 0 Å². The van der Waals surface area contributed by atoms with Gasteiger partial charge in [0, 0.05) is 18.5 Å². The van der Waals surface area contributed by atoms with Crippen LogP contribution in [0.3, 0.4) is 0 Å². The van der Waals surface area contributed by atoms with Gasteiger partial charge in [0.05, 0.1) is 4.90 Å². The minimum atomic E-state index is -3.22. The van der Waals surface area contributed by atoms with E-state index >= 15 is 0 Å². The van der Waals surface area contributed by atoms with Gasteiger partial charge in [-0.25, -0.2) is 8.42 Å². The van der Waals surface area contributed by atoms with Crippen LogP contribution in [-0.2, 0) is 14.6 Å². The van der Waals surface area contributed by atoms with Crippen molar-refractivity contribution in [3.05, 3.63) is 24.3 Å². The Hall–Kier alpha value is -1.60. The van der Waals surface area contributed by atoms with Crippen LogP contribution in [0.2, 0.25) is 0 Å². The fraction of sp³-hybridized carbons (Fsp3) is 0.300. The molecule has 1 aromatic rings. The van der Waals surface area contributed by atoms with Gasteiger partial charge in [-0.05, 0) is 24.3 Å². The summed E-state index contributed by atoms with van der Waals surface area (Å²) in [5.41, 5.74) is 5.47. The minimum absolute atomic E-state index is 0.0203. The number of primary amides is 1. The Morgan fingerprint density at radius 2 is 1.94 bits per heavy atom. The number of hydrogen-bond donors (Lipinski definition) is 3. The second kappa shape index (κ2) is 5.15. The highest BCUT2D eigenvalue weighted by Crippen LogP contribution is 2.13. The summed E-state index contributed by atoms with van der Waals surface area (Å²) in [6, 6.07) is 5.97. The van der Waals surface area contributed by atoms with Crippen molar-refractivity contribution < 1.29 is 18.3 Å². The van der Waals surface area contributed by atoms with Crippen molar-refractivity contribution in [2.24, 2.45) is 5.73 Å². The summed E-state index contributed by atoms with van der Waals surface area (Å²) in [5, 5.41) is 11.9. The Kier molecular flexibility index (Phi) is 4.08. The van der Waals surface area contributed by atoms with Gasteiger partial charge in [0.1, 0.15) is 6.10 Å². The predicted octanol–water partition coefficient (Wildman–Crippen LogP) is -0.652. The SMILES string of the molecule is CS(=O)(=O)c1ccc(NCC(O)C(N)=O)cc1.